The highest BCUT2D eigenvalue weighted by Crippen LogP contribution is 2.27. The van der Waals surface area contributed by atoms with Crippen molar-refractivity contribution in [1.29, 1.82) is 0 Å². The lowest BCUT2D eigenvalue weighted by Gasteiger charge is -2.21. The van der Waals surface area contributed by atoms with Gasteiger partial charge in [-0.1, -0.05) is 12.1 Å². The van der Waals surface area contributed by atoms with Crippen molar-refractivity contribution >= 4 is 23.5 Å². The molecule has 0 spiro atoms. The average Bonchev–Trinajstić information content (AvgIpc) is 2.95. The number of furan rings is 1. The van der Waals surface area contributed by atoms with Crippen molar-refractivity contribution in [2.75, 3.05) is 5.32 Å². The van der Waals surface area contributed by atoms with Crippen molar-refractivity contribution in [2.45, 2.75) is 33.2 Å². The van der Waals surface area contributed by atoms with Gasteiger partial charge >= 0.3 is 6.03 Å². The molecule has 7 heteroatoms. The molecule has 1 saturated heterocycles. The number of carbonyl (C=O) groups is 3. The fourth-order valence-electron chi connectivity index (χ4n) is 2.98. The van der Waals surface area contributed by atoms with Crippen LogP contribution in [0.1, 0.15) is 39.9 Å². The van der Waals surface area contributed by atoms with Crippen LogP contribution in [0.25, 0.3) is 0 Å². The van der Waals surface area contributed by atoms with Gasteiger partial charge in [-0.05, 0) is 45.4 Å². The number of urea groups is 1. The Balaban J connectivity index is 1.89. The van der Waals surface area contributed by atoms with Crippen LogP contribution in [0, 0.1) is 20.8 Å². The molecule has 1 aliphatic rings. The van der Waals surface area contributed by atoms with E-state index in [1.54, 1.807) is 38.1 Å². The second kappa shape index (κ2) is 5.77. The van der Waals surface area contributed by atoms with Gasteiger partial charge in [0.25, 0.3) is 11.8 Å². The summed E-state index contributed by atoms with van der Waals surface area (Å²) in [5.41, 5.74) is 1.22. The summed E-state index contributed by atoms with van der Waals surface area (Å²) in [6.07, 6.45) is 0. The molecule has 1 unspecified atom stereocenters. The van der Waals surface area contributed by atoms with E-state index in [1.165, 1.54) is 0 Å². The van der Waals surface area contributed by atoms with Gasteiger partial charge < -0.3 is 15.1 Å². The molecule has 0 radical (unpaired) electrons. The zero-order valence-electron chi connectivity index (χ0n) is 14.4. The Hall–Kier alpha value is -3.09. The quantitative estimate of drug-likeness (QED) is 0.747. The number of benzene rings is 1. The minimum Gasteiger partial charge on any atom is -0.466 e. The highest BCUT2D eigenvalue weighted by Gasteiger charge is 2.43. The third kappa shape index (κ3) is 2.77. The second-order valence-electron chi connectivity index (χ2n) is 6.28. The largest absolute Gasteiger partial charge is 0.466 e. The van der Waals surface area contributed by atoms with Gasteiger partial charge in [0.05, 0.1) is 5.56 Å². The van der Waals surface area contributed by atoms with Crippen LogP contribution in [0.5, 0.6) is 0 Å². The number of imide groups is 1. The third-order valence-corrected chi connectivity index (χ3v) is 4.53. The van der Waals surface area contributed by atoms with Crippen molar-refractivity contribution in [3.8, 4) is 0 Å². The number of aryl methyl sites for hydroxylation is 2. The molecule has 2 heterocycles. The summed E-state index contributed by atoms with van der Waals surface area (Å²) in [5, 5.41) is 7.64. The Morgan fingerprint density at radius 2 is 1.88 bits per heavy atom. The first-order valence-corrected chi connectivity index (χ1v) is 7.84. The fraction of sp³-hybridized carbons (Fsp3) is 0.278. The van der Waals surface area contributed by atoms with E-state index in [2.05, 4.69) is 16.0 Å². The molecule has 3 N–H and O–H groups in total. The van der Waals surface area contributed by atoms with E-state index in [0.29, 0.717) is 28.3 Å². The number of anilines is 1. The summed E-state index contributed by atoms with van der Waals surface area (Å²) in [4.78, 5) is 36.1. The molecule has 1 aromatic heterocycles. The van der Waals surface area contributed by atoms with Crippen molar-refractivity contribution in [1.82, 2.24) is 10.6 Å². The van der Waals surface area contributed by atoms with Gasteiger partial charge in [-0.15, -0.1) is 0 Å². The van der Waals surface area contributed by atoms with Gasteiger partial charge in [-0.3, -0.25) is 14.9 Å². The normalized spacial score (nSPS) is 19.5. The number of nitrogens with one attached hydrogen (secondary N) is 3. The summed E-state index contributed by atoms with van der Waals surface area (Å²) >= 11 is 0. The molecule has 130 valence electrons. The molecular formula is C18H19N3O4. The molecule has 0 saturated carbocycles. The van der Waals surface area contributed by atoms with Gasteiger partial charge in [0, 0.05) is 11.3 Å². The van der Waals surface area contributed by atoms with Crippen molar-refractivity contribution < 1.29 is 18.8 Å². The third-order valence-electron chi connectivity index (χ3n) is 4.53. The molecule has 25 heavy (non-hydrogen) atoms. The van der Waals surface area contributed by atoms with E-state index < -0.39 is 17.5 Å². The summed E-state index contributed by atoms with van der Waals surface area (Å²) < 4.78 is 5.49. The first-order chi connectivity index (χ1) is 11.7. The molecule has 7 nitrogen and oxygen atoms in total. The molecule has 1 aromatic carbocycles. The predicted octanol–water partition coefficient (Wildman–Crippen LogP) is 2.51. The minimum absolute atomic E-state index is 0.283. The van der Waals surface area contributed by atoms with Crippen LogP contribution in [0.15, 0.2) is 28.7 Å². The van der Waals surface area contributed by atoms with Gasteiger partial charge in [0.2, 0.25) is 0 Å². The zero-order chi connectivity index (χ0) is 18.4. The van der Waals surface area contributed by atoms with Crippen LogP contribution < -0.4 is 16.0 Å². The molecular weight excluding hydrogens is 322 g/mol. The Morgan fingerprint density at radius 1 is 1.16 bits per heavy atom. The smallest absolute Gasteiger partial charge is 0.322 e. The van der Waals surface area contributed by atoms with Gasteiger partial charge in [-0.25, -0.2) is 4.79 Å². The van der Waals surface area contributed by atoms with Gasteiger partial charge in [-0.2, -0.15) is 0 Å². The Labute approximate surface area is 144 Å². The maximum atomic E-state index is 12.6. The molecule has 1 fully saturated rings. The number of rotatable bonds is 3. The first-order valence-electron chi connectivity index (χ1n) is 7.84. The van der Waals surface area contributed by atoms with Crippen molar-refractivity contribution in [3.05, 3.63) is 52.5 Å². The predicted molar refractivity (Wildman–Crippen MR) is 91.3 cm³/mol. The minimum atomic E-state index is -1.17. The lowest BCUT2D eigenvalue weighted by Crippen LogP contribution is -2.40. The van der Waals surface area contributed by atoms with Crippen molar-refractivity contribution in [3.63, 3.8) is 0 Å². The van der Waals surface area contributed by atoms with E-state index in [1.807, 2.05) is 13.8 Å². The van der Waals surface area contributed by atoms with E-state index in [9.17, 15) is 14.4 Å². The van der Waals surface area contributed by atoms with Crippen molar-refractivity contribution in [2.24, 2.45) is 0 Å². The molecule has 4 amide bonds. The van der Waals surface area contributed by atoms with Gasteiger partial charge in [0.15, 0.2) is 0 Å². The van der Waals surface area contributed by atoms with Crippen LogP contribution in [0.2, 0.25) is 0 Å². The van der Waals surface area contributed by atoms with E-state index >= 15 is 0 Å². The van der Waals surface area contributed by atoms with Crippen LogP contribution in [0.4, 0.5) is 10.5 Å². The molecule has 0 bridgehead atoms. The van der Waals surface area contributed by atoms with E-state index in [-0.39, 0.29) is 5.91 Å². The standard InChI is InChI=1S/C18H19N3O4/c1-9-10(2)25-11(3)14(9)15(22)19-13-7-5-6-12(8-13)18(4)16(23)20-17(24)21-18/h5-8H,1-4H3,(H,19,22)(H2,20,21,23,24). The highest BCUT2D eigenvalue weighted by molar-refractivity contribution is 6.08. The number of hydrogen-bond donors (Lipinski definition) is 3. The Kier molecular flexibility index (Phi) is 3.87. The van der Waals surface area contributed by atoms with E-state index in [4.69, 9.17) is 4.42 Å². The molecule has 2 aromatic rings. The average molecular weight is 341 g/mol. The monoisotopic (exact) mass is 341 g/mol. The summed E-state index contributed by atoms with van der Waals surface area (Å²) in [6, 6.07) is 6.28. The summed E-state index contributed by atoms with van der Waals surface area (Å²) in [6.45, 7) is 6.99. The first kappa shape index (κ1) is 16.8. The zero-order valence-corrected chi connectivity index (χ0v) is 14.4. The van der Waals surface area contributed by atoms with Crippen LogP contribution in [0.3, 0.4) is 0 Å². The van der Waals surface area contributed by atoms with Crippen LogP contribution >= 0.6 is 0 Å². The van der Waals surface area contributed by atoms with E-state index in [0.717, 1.165) is 5.56 Å². The number of carbonyl (C=O) groups excluding carboxylic acids is 3. The van der Waals surface area contributed by atoms with Crippen LogP contribution in [-0.2, 0) is 10.3 Å². The Bertz CT molecular complexity index is 900. The second-order valence-corrected chi connectivity index (χ2v) is 6.28. The number of hydrogen-bond acceptors (Lipinski definition) is 4. The Morgan fingerprint density at radius 3 is 2.44 bits per heavy atom. The number of amides is 4. The topological polar surface area (TPSA) is 100 Å². The molecule has 1 atom stereocenters. The lowest BCUT2D eigenvalue weighted by molar-refractivity contribution is -0.123. The lowest BCUT2D eigenvalue weighted by atomic mass is 9.92. The van der Waals surface area contributed by atoms with Crippen LogP contribution in [-0.4, -0.2) is 17.8 Å². The molecule has 3 rings (SSSR count). The maximum absolute atomic E-state index is 12.6. The van der Waals surface area contributed by atoms with Gasteiger partial charge in [0.1, 0.15) is 17.1 Å². The fourth-order valence-corrected chi connectivity index (χ4v) is 2.98. The SMILES string of the molecule is Cc1oc(C)c(C(=O)Nc2cccc(C3(C)NC(=O)NC3=O)c2)c1C. The summed E-state index contributed by atoms with van der Waals surface area (Å²) in [5.74, 6) is 0.541. The maximum Gasteiger partial charge on any atom is 0.322 e. The molecule has 0 aliphatic carbocycles. The highest BCUT2D eigenvalue weighted by atomic mass is 16.3. The summed E-state index contributed by atoms with van der Waals surface area (Å²) in [7, 11) is 0. The molecule has 1 aliphatic heterocycles.